The minimum Gasteiger partial charge on any atom is -0.547 e. The first kappa shape index (κ1) is 20.5. The maximum atomic E-state index is 12.0. The molecule has 0 saturated carbocycles. The van der Waals surface area contributed by atoms with Crippen molar-refractivity contribution in [1.29, 1.82) is 0 Å². The molecule has 2 aliphatic rings. The maximum Gasteiger partial charge on any atom is 0.306 e. The van der Waals surface area contributed by atoms with E-state index in [0.29, 0.717) is 19.4 Å². The van der Waals surface area contributed by atoms with E-state index in [2.05, 4.69) is 39.9 Å². The summed E-state index contributed by atoms with van der Waals surface area (Å²) >= 11 is 0. The van der Waals surface area contributed by atoms with Crippen molar-refractivity contribution >= 4 is 14.3 Å². The Morgan fingerprint density at radius 2 is 1.96 bits per heavy atom. The molecule has 25 heavy (non-hydrogen) atoms. The molecule has 0 N–H and O–H groups in total. The molecule has 2 rings (SSSR count). The van der Waals surface area contributed by atoms with Crippen LogP contribution in [0.1, 0.15) is 54.4 Å². The highest BCUT2D eigenvalue weighted by atomic mass is 28.4. The van der Waals surface area contributed by atoms with Gasteiger partial charge in [-0.05, 0) is 45.0 Å². The lowest BCUT2D eigenvalue weighted by atomic mass is 9.87. The third-order valence-corrected chi connectivity index (χ3v) is 9.73. The van der Waals surface area contributed by atoms with Gasteiger partial charge in [-0.25, -0.2) is 0 Å². The van der Waals surface area contributed by atoms with Gasteiger partial charge in [0, 0.05) is 12.3 Å². The van der Waals surface area contributed by atoms with Crippen LogP contribution in [0.3, 0.4) is 0 Å². The van der Waals surface area contributed by atoms with Gasteiger partial charge in [-0.3, -0.25) is 4.79 Å². The van der Waals surface area contributed by atoms with E-state index < -0.39 is 14.1 Å². The van der Waals surface area contributed by atoms with Crippen LogP contribution in [0.4, 0.5) is 0 Å². The Morgan fingerprint density at radius 3 is 2.52 bits per heavy atom. The lowest BCUT2D eigenvalue weighted by Gasteiger charge is -2.39. The van der Waals surface area contributed by atoms with Gasteiger partial charge in [0.2, 0.25) is 8.32 Å². The van der Waals surface area contributed by atoms with Gasteiger partial charge in [-0.2, -0.15) is 0 Å². The summed E-state index contributed by atoms with van der Waals surface area (Å²) in [6.07, 6.45) is 2.84. The summed E-state index contributed by atoms with van der Waals surface area (Å²) in [6, 6.07) is 0. The molecule has 1 saturated heterocycles. The van der Waals surface area contributed by atoms with E-state index in [1.165, 1.54) is 0 Å². The van der Waals surface area contributed by atoms with Gasteiger partial charge < -0.3 is 18.6 Å². The molecule has 0 aromatic rings. The summed E-state index contributed by atoms with van der Waals surface area (Å²) in [4.78, 5) is 12.0. The van der Waals surface area contributed by atoms with Crippen LogP contribution in [-0.4, -0.2) is 38.9 Å². The SMILES string of the molecule is CCOC(=O)C[C@@H]1C=C(O[Si](C)(C)C(C)(C)C)C[C@H]2OC(C)(C)O[C@@H]12. The smallest absolute Gasteiger partial charge is 0.306 e. The normalized spacial score (nSPS) is 29.0. The number of carbonyl (C=O) groups excluding carboxylic acids is 1. The van der Waals surface area contributed by atoms with Crippen LogP contribution >= 0.6 is 0 Å². The molecule has 0 aromatic heterocycles. The van der Waals surface area contributed by atoms with E-state index in [1.54, 1.807) is 0 Å². The van der Waals surface area contributed by atoms with E-state index in [4.69, 9.17) is 18.6 Å². The van der Waals surface area contributed by atoms with Crippen molar-refractivity contribution in [2.75, 3.05) is 6.61 Å². The van der Waals surface area contributed by atoms with Crippen molar-refractivity contribution < 1.29 is 23.4 Å². The molecule has 1 aliphatic heterocycles. The van der Waals surface area contributed by atoms with Crippen molar-refractivity contribution in [2.24, 2.45) is 5.92 Å². The van der Waals surface area contributed by atoms with Crippen LogP contribution in [0.2, 0.25) is 18.1 Å². The highest BCUT2D eigenvalue weighted by Gasteiger charge is 2.49. The molecule has 0 radical (unpaired) electrons. The van der Waals surface area contributed by atoms with E-state index in [1.807, 2.05) is 20.8 Å². The quantitative estimate of drug-likeness (QED) is 0.531. The monoisotopic (exact) mass is 370 g/mol. The second kappa shape index (κ2) is 7.04. The number of esters is 1. The van der Waals surface area contributed by atoms with Gasteiger partial charge in [0.25, 0.3) is 0 Å². The fourth-order valence-electron chi connectivity index (χ4n) is 3.13. The molecule has 0 spiro atoms. The third-order valence-electron chi connectivity index (χ3n) is 5.35. The molecule has 0 amide bonds. The van der Waals surface area contributed by atoms with E-state index >= 15 is 0 Å². The molecular weight excluding hydrogens is 336 g/mol. The number of hydrogen-bond donors (Lipinski definition) is 0. The molecule has 0 bridgehead atoms. The molecule has 0 aromatic carbocycles. The lowest BCUT2D eigenvalue weighted by molar-refractivity contribution is -0.153. The standard InChI is InChI=1S/C19H34O5Si/c1-9-21-16(20)11-13-10-14(24-25(7,8)18(2,3)4)12-15-17(13)23-19(5,6)22-15/h10,13,15,17H,9,11-12H2,1-8H3/t13-,15+,17-/m0/s1. The largest absolute Gasteiger partial charge is 0.547 e. The number of fused-ring (bicyclic) bond motifs is 1. The van der Waals surface area contributed by atoms with Crippen molar-refractivity contribution in [1.82, 2.24) is 0 Å². The topological polar surface area (TPSA) is 54.0 Å². The number of rotatable bonds is 5. The Bertz CT molecular complexity index is 532. The zero-order chi connectivity index (χ0) is 19.0. The second-order valence-electron chi connectivity index (χ2n) is 9.01. The first-order chi connectivity index (χ1) is 11.3. The molecule has 1 fully saturated rings. The van der Waals surface area contributed by atoms with Crippen molar-refractivity contribution in [3.63, 3.8) is 0 Å². The number of hydrogen-bond acceptors (Lipinski definition) is 5. The fourth-order valence-corrected chi connectivity index (χ4v) is 4.24. The van der Waals surface area contributed by atoms with Crippen LogP contribution < -0.4 is 0 Å². The summed E-state index contributed by atoms with van der Waals surface area (Å²) in [5.74, 6) is 0.00912. The van der Waals surface area contributed by atoms with Crippen LogP contribution in [0, 0.1) is 5.92 Å². The summed E-state index contributed by atoms with van der Waals surface area (Å²) in [7, 11) is -1.94. The highest BCUT2D eigenvalue weighted by molar-refractivity contribution is 6.74. The molecule has 144 valence electrons. The average Bonchev–Trinajstić information content (AvgIpc) is 2.71. The van der Waals surface area contributed by atoms with Crippen LogP contribution in [-0.2, 0) is 23.4 Å². The molecule has 5 nitrogen and oxygen atoms in total. The van der Waals surface area contributed by atoms with Crippen molar-refractivity contribution in [2.45, 2.75) is 90.5 Å². The van der Waals surface area contributed by atoms with E-state index in [0.717, 1.165) is 5.76 Å². The van der Waals surface area contributed by atoms with Gasteiger partial charge in [0.15, 0.2) is 5.79 Å². The molecule has 1 heterocycles. The van der Waals surface area contributed by atoms with Crippen LogP contribution in [0.5, 0.6) is 0 Å². The summed E-state index contributed by atoms with van der Waals surface area (Å²) in [6.45, 7) is 17.2. The minimum atomic E-state index is -1.94. The third kappa shape index (κ3) is 4.86. The maximum absolute atomic E-state index is 12.0. The zero-order valence-corrected chi connectivity index (χ0v) is 18.0. The molecular formula is C19H34O5Si. The van der Waals surface area contributed by atoms with E-state index in [-0.39, 0.29) is 29.1 Å². The van der Waals surface area contributed by atoms with Gasteiger partial charge >= 0.3 is 5.97 Å². The summed E-state index contributed by atoms with van der Waals surface area (Å²) in [5.41, 5.74) is 0. The first-order valence-electron chi connectivity index (χ1n) is 9.25. The van der Waals surface area contributed by atoms with Crippen molar-refractivity contribution in [3.05, 3.63) is 11.8 Å². The Kier molecular flexibility index (Phi) is 5.76. The average molecular weight is 371 g/mol. The van der Waals surface area contributed by atoms with Gasteiger partial charge in [0.05, 0.1) is 31.0 Å². The predicted molar refractivity (Wildman–Crippen MR) is 99.5 cm³/mol. The second-order valence-corrected chi connectivity index (χ2v) is 13.7. The van der Waals surface area contributed by atoms with Crippen LogP contribution in [0.15, 0.2) is 11.8 Å². The first-order valence-corrected chi connectivity index (χ1v) is 12.2. The predicted octanol–water partition coefficient (Wildman–Crippen LogP) is 4.39. The zero-order valence-electron chi connectivity index (χ0n) is 17.0. The van der Waals surface area contributed by atoms with Gasteiger partial charge in [-0.1, -0.05) is 20.8 Å². The number of ether oxygens (including phenoxy) is 3. The lowest BCUT2D eigenvalue weighted by Crippen LogP contribution is -2.43. The summed E-state index contributed by atoms with van der Waals surface area (Å²) < 4.78 is 23.8. The van der Waals surface area contributed by atoms with Gasteiger partial charge in [0.1, 0.15) is 0 Å². The fraction of sp³-hybridized carbons (Fsp3) is 0.842. The molecule has 0 unspecified atom stereocenters. The van der Waals surface area contributed by atoms with Crippen LogP contribution in [0.25, 0.3) is 0 Å². The Hall–Kier alpha value is -0.853. The minimum absolute atomic E-state index is 0.0839. The van der Waals surface area contributed by atoms with E-state index in [9.17, 15) is 4.79 Å². The Balaban J connectivity index is 2.21. The Labute approximate surface area is 153 Å². The molecule has 6 heteroatoms. The molecule has 1 aliphatic carbocycles. The van der Waals surface area contributed by atoms with Gasteiger partial charge in [-0.15, -0.1) is 0 Å². The molecule has 3 atom stereocenters. The van der Waals surface area contributed by atoms with Crippen molar-refractivity contribution in [3.8, 4) is 0 Å². The Morgan fingerprint density at radius 1 is 1.32 bits per heavy atom. The highest BCUT2D eigenvalue weighted by Crippen LogP contribution is 2.44. The number of carbonyl (C=O) groups is 1. The summed E-state index contributed by atoms with van der Waals surface area (Å²) in [5, 5.41) is 0.119.